The van der Waals surface area contributed by atoms with Crippen LogP contribution in [0.15, 0.2) is 12.1 Å². The van der Waals surface area contributed by atoms with Gasteiger partial charge in [-0.1, -0.05) is 11.6 Å². The molecule has 0 heterocycles. The average Bonchev–Trinajstić information content (AvgIpc) is 2.35. The SMILES string of the molecule is COc1cc(CO)cc(Cl)c1OCC(=O)NC(N)=O. The summed E-state index contributed by atoms with van der Waals surface area (Å²) in [6.45, 7) is -0.657. The van der Waals surface area contributed by atoms with Crippen molar-refractivity contribution < 1.29 is 24.2 Å². The summed E-state index contributed by atoms with van der Waals surface area (Å²) in [4.78, 5) is 21.7. The monoisotopic (exact) mass is 288 g/mol. The van der Waals surface area contributed by atoms with Gasteiger partial charge in [0.2, 0.25) is 0 Å². The Morgan fingerprint density at radius 2 is 2.16 bits per heavy atom. The second kappa shape index (κ2) is 6.81. The number of halogens is 1. The van der Waals surface area contributed by atoms with Gasteiger partial charge in [-0.2, -0.15) is 0 Å². The van der Waals surface area contributed by atoms with Crippen LogP contribution in [0.3, 0.4) is 0 Å². The molecule has 0 spiro atoms. The maximum absolute atomic E-state index is 11.2. The molecular formula is C11H13ClN2O5. The molecule has 8 heteroatoms. The van der Waals surface area contributed by atoms with Gasteiger partial charge in [0, 0.05) is 0 Å². The zero-order valence-electron chi connectivity index (χ0n) is 10.1. The van der Waals surface area contributed by atoms with Crippen molar-refractivity contribution in [2.75, 3.05) is 13.7 Å². The first-order valence-corrected chi connectivity index (χ1v) is 5.55. The summed E-state index contributed by atoms with van der Waals surface area (Å²) in [6, 6.07) is 2.03. The highest BCUT2D eigenvalue weighted by atomic mass is 35.5. The lowest BCUT2D eigenvalue weighted by atomic mass is 10.2. The van der Waals surface area contributed by atoms with Gasteiger partial charge < -0.3 is 20.3 Å². The van der Waals surface area contributed by atoms with Crippen LogP contribution in [0.2, 0.25) is 5.02 Å². The van der Waals surface area contributed by atoms with Crippen molar-refractivity contribution in [1.29, 1.82) is 0 Å². The molecule has 0 bridgehead atoms. The summed E-state index contributed by atoms with van der Waals surface area (Å²) >= 11 is 5.94. The van der Waals surface area contributed by atoms with Crippen LogP contribution < -0.4 is 20.5 Å². The summed E-state index contributed by atoms with van der Waals surface area (Å²) in [5.41, 5.74) is 5.32. The molecule has 0 atom stereocenters. The van der Waals surface area contributed by atoms with E-state index in [-0.39, 0.29) is 23.1 Å². The summed E-state index contributed by atoms with van der Waals surface area (Å²) in [5.74, 6) is -0.304. The lowest BCUT2D eigenvalue weighted by molar-refractivity contribution is -0.121. The zero-order chi connectivity index (χ0) is 14.4. The van der Waals surface area contributed by atoms with Crippen molar-refractivity contribution in [1.82, 2.24) is 5.32 Å². The number of nitrogens with one attached hydrogen (secondary N) is 1. The maximum Gasteiger partial charge on any atom is 0.318 e. The van der Waals surface area contributed by atoms with Crippen LogP contribution in [0.5, 0.6) is 11.5 Å². The molecule has 0 aliphatic heterocycles. The number of urea groups is 1. The Labute approximate surface area is 114 Å². The number of methoxy groups -OCH3 is 1. The van der Waals surface area contributed by atoms with Crippen LogP contribution in [0.1, 0.15) is 5.56 Å². The van der Waals surface area contributed by atoms with Crippen molar-refractivity contribution in [2.24, 2.45) is 5.73 Å². The number of hydrogen-bond donors (Lipinski definition) is 3. The predicted octanol–water partition coefficient (Wildman–Crippen LogP) is 0.415. The molecule has 0 aromatic heterocycles. The van der Waals surface area contributed by atoms with E-state index in [1.165, 1.54) is 19.2 Å². The minimum atomic E-state index is -0.970. The van der Waals surface area contributed by atoms with Gasteiger partial charge in [-0.15, -0.1) is 0 Å². The molecule has 1 aromatic rings. The topological polar surface area (TPSA) is 111 Å². The van der Waals surface area contributed by atoms with Gasteiger partial charge in [-0.3, -0.25) is 10.1 Å². The van der Waals surface area contributed by atoms with Gasteiger partial charge in [0.1, 0.15) is 0 Å². The van der Waals surface area contributed by atoms with E-state index in [0.29, 0.717) is 5.56 Å². The third-order valence-electron chi connectivity index (χ3n) is 2.08. The molecule has 0 radical (unpaired) electrons. The minimum Gasteiger partial charge on any atom is -0.493 e. The number of imide groups is 1. The van der Waals surface area contributed by atoms with Crippen molar-refractivity contribution >= 4 is 23.5 Å². The smallest absolute Gasteiger partial charge is 0.318 e. The number of carbonyl (C=O) groups excluding carboxylic acids is 2. The number of ether oxygens (including phenoxy) is 2. The van der Waals surface area contributed by atoms with Gasteiger partial charge in [0.25, 0.3) is 5.91 Å². The van der Waals surface area contributed by atoms with Crippen LogP contribution in [0.4, 0.5) is 4.79 Å². The first kappa shape index (κ1) is 15.1. The van der Waals surface area contributed by atoms with Crippen LogP contribution in [0.25, 0.3) is 0 Å². The van der Waals surface area contributed by atoms with Crippen molar-refractivity contribution in [3.63, 3.8) is 0 Å². The Balaban J connectivity index is 2.83. The summed E-state index contributed by atoms with van der Waals surface area (Å²) < 4.78 is 10.2. The number of amides is 3. The quantitative estimate of drug-likeness (QED) is 0.727. The maximum atomic E-state index is 11.2. The van der Waals surface area contributed by atoms with Crippen molar-refractivity contribution in [3.05, 3.63) is 22.7 Å². The molecule has 1 rings (SSSR count). The highest BCUT2D eigenvalue weighted by Crippen LogP contribution is 2.36. The Kier molecular flexibility index (Phi) is 5.40. The van der Waals surface area contributed by atoms with E-state index >= 15 is 0 Å². The van der Waals surface area contributed by atoms with E-state index in [0.717, 1.165) is 0 Å². The van der Waals surface area contributed by atoms with Crippen LogP contribution >= 0.6 is 11.6 Å². The summed E-state index contributed by atoms with van der Waals surface area (Å²) in [7, 11) is 1.39. The van der Waals surface area contributed by atoms with Crippen molar-refractivity contribution in [2.45, 2.75) is 6.61 Å². The lowest BCUT2D eigenvalue weighted by Crippen LogP contribution is -2.38. The first-order chi connectivity index (χ1) is 8.97. The molecule has 1 aromatic carbocycles. The average molecular weight is 289 g/mol. The number of hydrogen-bond acceptors (Lipinski definition) is 5. The normalized spacial score (nSPS) is 9.84. The molecule has 3 amide bonds. The molecule has 4 N–H and O–H groups in total. The largest absolute Gasteiger partial charge is 0.493 e. The highest BCUT2D eigenvalue weighted by molar-refractivity contribution is 6.32. The molecule has 0 fully saturated rings. The summed E-state index contributed by atoms with van der Waals surface area (Å²) in [5, 5.41) is 11.0. The number of primary amides is 1. The lowest BCUT2D eigenvalue weighted by Gasteiger charge is -2.13. The molecule has 0 aliphatic rings. The standard InChI is InChI=1S/C11H13ClN2O5/c1-18-8-3-6(4-15)2-7(12)10(8)19-5-9(16)14-11(13)17/h2-3,15H,4-5H2,1H3,(H3,13,14,16,17). The van der Waals surface area contributed by atoms with Crippen LogP contribution in [0, 0.1) is 0 Å². The van der Waals surface area contributed by atoms with E-state index in [1.54, 1.807) is 0 Å². The van der Waals surface area contributed by atoms with Gasteiger partial charge >= 0.3 is 6.03 Å². The molecule has 0 unspecified atom stereocenters. The zero-order valence-corrected chi connectivity index (χ0v) is 10.9. The van der Waals surface area contributed by atoms with E-state index in [4.69, 9.17) is 31.9 Å². The van der Waals surface area contributed by atoms with Crippen molar-refractivity contribution in [3.8, 4) is 11.5 Å². The molecule has 0 aliphatic carbocycles. The fourth-order valence-corrected chi connectivity index (χ4v) is 1.60. The second-order valence-corrected chi connectivity index (χ2v) is 3.88. The molecular weight excluding hydrogens is 276 g/mol. The van der Waals surface area contributed by atoms with Gasteiger partial charge in [-0.25, -0.2) is 4.79 Å². The number of benzene rings is 1. The molecule has 7 nitrogen and oxygen atoms in total. The summed E-state index contributed by atoms with van der Waals surface area (Å²) in [6.07, 6.45) is 0. The second-order valence-electron chi connectivity index (χ2n) is 3.47. The fourth-order valence-electron chi connectivity index (χ4n) is 1.32. The highest BCUT2D eigenvalue weighted by Gasteiger charge is 2.14. The fraction of sp³-hybridized carbons (Fsp3) is 0.273. The van der Waals surface area contributed by atoms with Crippen LogP contribution in [-0.2, 0) is 11.4 Å². The third-order valence-corrected chi connectivity index (χ3v) is 2.36. The molecule has 0 saturated carbocycles. The van der Waals surface area contributed by atoms with E-state index in [1.807, 2.05) is 5.32 Å². The Morgan fingerprint density at radius 1 is 1.47 bits per heavy atom. The third kappa shape index (κ3) is 4.31. The Bertz CT molecular complexity index is 492. The van der Waals surface area contributed by atoms with E-state index < -0.39 is 18.5 Å². The molecule has 104 valence electrons. The first-order valence-electron chi connectivity index (χ1n) is 5.17. The Morgan fingerprint density at radius 3 is 2.68 bits per heavy atom. The van der Waals surface area contributed by atoms with Gasteiger partial charge in [-0.05, 0) is 17.7 Å². The van der Waals surface area contributed by atoms with Gasteiger partial charge in [0.05, 0.1) is 18.7 Å². The number of carbonyl (C=O) groups is 2. The van der Waals surface area contributed by atoms with E-state index in [9.17, 15) is 9.59 Å². The Hall–Kier alpha value is -1.99. The van der Waals surface area contributed by atoms with Crippen LogP contribution in [-0.4, -0.2) is 30.8 Å². The molecule has 19 heavy (non-hydrogen) atoms. The minimum absolute atomic E-state index is 0.140. The number of rotatable bonds is 5. The number of aliphatic hydroxyl groups excluding tert-OH is 1. The number of aliphatic hydroxyl groups is 1. The van der Waals surface area contributed by atoms with Gasteiger partial charge in [0.15, 0.2) is 18.1 Å². The molecule has 0 saturated heterocycles. The number of nitrogens with two attached hydrogens (primary N) is 1. The van der Waals surface area contributed by atoms with E-state index in [2.05, 4.69) is 0 Å². The predicted molar refractivity (Wildman–Crippen MR) is 67.1 cm³/mol.